The molecule has 0 heterocycles. The Hall–Kier alpha value is -0.770. The van der Waals surface area contributed by atoms with E-state index in [1.54, 1.807) is 0 Å². The molecule has 0 atom stereocenters. The van der Waals surface area contributed by atoms with Crippen LogP contribution in [0.1, 0.15) is 51.9 Å². The van der Waals surface area contributed by atoms with Crippen LogP contribution in [0.15, 0.2) is 0 Å². The van der Waals surface area contributed by atoms with Gasteiger partial charge in [0.1, 0.15) is 0 Å². The first-order valence-electron chi connectivity index (χ1n) is 5.36. The first-order valence-corrected chi connectivity index (χ1v) is 5.36. The zero-order valence-electron chi connectivity index (χ0n) is 8.96. The van der Waals surface area contributed by atoms with Crippen LogP contribution in [0.4, 0.5) is 4.79 Å². The molecule has 4 nitrogen and oxygen atoms in total. The zero-order valence-corrected chi connectivity index (χ0v) is 8.96. The molecule has 0 spiro atoms. The molecule has 14 heavy (non-hydrogen) atoms. The highest BCUT2D eigenvalue weighted by Crippen LogP contribution is 2.06. The molecular weight excluding hydrogens is 182 g/mol. The van der Waals surface area contributed by atoms with Gasteiger partial charge in [0.2, 0.25) is 0 Å². The largest absolute Gasteiger partial charge is 0.436 e. The molecule has 0 saturated carbocycles. The molecule has 2 N–H and O–H groups in total. The summed E-state index contributed by atoms with van der Waals surface area (Å²) in [6.07, 6.45) is 7.56. The molecule has 84 valence electrons. The molecule has 0 fully saturated rings. The number of amides is 1. The molecule has 0 unspecified atom stereocenters. The van der Waals surface area contributed by atoms with Crippen molar-refractivity contribution in [3.63, 3.8) is 0 Å². The molecule has 0 aromatic rings. The topological polar surface area (TPSA) is 61.6 Å². The average Bonchev–Trinajstić information content (AvgIpc) is 2.15. The van der Waals surface area contributed by atoms with Gasteiger partial charge in [-0.2, -0.15) is 4.89 Å². The fourth-order valence-corrected chi connectivity index (χ4v) is 1.22. The van der Waals surface area contributed by atoms with Crippen LogP contribution in [-0.4, -0.2) is 12.7 Å². The third-order valence-corrected chi connectivity index (χ3v) is 1.97. The van der Waals surface area contributed by atoms with Crippen LogP contribution in [0.5, 0.6) is 0 Å². The van der Waals surface area contributed by atoms with E-state index < -0.39 is 6.09 Å². The number of nitrogens with two attached hydrogens (primary N) is 1. The maximum absolute atomic E-state index is 10.1. The Labute approximate surface area is 85.7 Å². The summed E-state index contributed by atoms with van der Waals surface area (Å²) in [5, 5.41) is 0. The lowest BCUT2D eigenvalue weighted by Crippen LogP contribution is -2.13. The molecule has 0 aliphatic heterocycles. The Balaban J connectivity index is 2.88. The van der Waals surface area contributed by atoms with E-state index in [0.717, 1.165) is 12.8 Å². The van der Waals surface area contributed by atoms with E-state index in [1.165, 1.54) is 32.1 Å². The minimum absolute atomic E-state index is 0.441. The molecule has 0 rings (SSSR count). The fourth-order valence-electron chi connectivity index (χ4n) is 1.22. The van der Waals surface area contributed by atoms with Gasteiger partial charge in [-0.15, -0.1) is 0 Å². The quantitative estimate of drug-likeness (QED) is 0.356. The molecule has 0 radical (unpaired) electrons. The van der Waals surface area contributed by atoms with Gasteiger partial charge in [-0.1, -0.05) is 45.4 Å². The monoisotopic (exact) mass is 203 g/mol. The number of hydrogen-bond donors (Lipinski definition) is 1. The summed E-state index contributed by atoms with van der Waals surface area (Å²) in [6, 6.07) is 0. The van der Waals surface area contributed by atoms with E-state index in [0.29, 0.717) is 6.61 Å². The Bertz CT molecular complexity index is 139. The summed E-state index contributed by atoms with van der Waals surface area (Å²) in [7, 11) is 0. The highest BCUT2D eigenvalue weighted by molar-refractivity contribution is 5.63. The van der Waals surface area contributed by atoms with Crippen LogP contribution in [0.3, 0.4) is 0 Å². The zero-order chi connectivity index (χ0) is 10.6. The molecule has 4 heteroatoms. The van der Waals surface area contributed by atoms with E-state index in [2.05, 4.69) is 16.7 Å². The van der Waals surface area contributed by atoms with Crippen molar-refractivity contribution >= 4 is 6.09 Å². The van der Waals surface area contributed by atoms with Crippen molar-refractivity contribution < 1.29 is 14.6 Å². The highest BCUT2D eigenvalue weighted by atomic mass is 17.2. The number of carbonyl (C=O) groups excluding carboxylic acids is 1. The summed E-state index contributed by atoms with van der Waals surface area (Å²) in [4.78, 5) is 18.8. The molecule has 0 aliphatic carbocycles. The maximum Gasteiger partial charge on any atom is 0.436 e. The van der Waals surface area contributed by atoms with Crippen molar-refractivity contribution in [3.05, 3.63) is 0 Å². The number of hydrogen-bond acceptors (Lipinski definition) is 3. The Morgan fingerprint density at radius 2 is 1.64 bits per heavy atom. The predicted octanol–water partition coefficient (Wildman–Crippen LogP) is 2.76. The van der Waals surface area contributed by atoms with E-state index in [1.807, 2.05) is 0 Å². The first-order chi connectivity index (χ1) is 6.77. The summed E-state index contributed by atoms with van der Waals surface area (Å²) >= 11 is 0. The Kier molecular flexibility index (Phi) is 9.74. The van der Waals surface area contributed by atoms with Gasteiger partial charge in [0.25, 0.3) is 0 Å². The van der Waals surface area contributed by atoms with E-state index >= 15 is 0 Å². The minimum atomic E-state index is -0.882. The number of unbranched alkanes of at least 4 members (excludes halogenated alkanes) is 6. The number of primary amides is 1. The number of carbonyl (C=O) groups is 1. The van der Waals surface area contributed by atoms with E-state index in [-0.39, 0.29) is 0 Å². The van der Waals surface area contributed by atoms with Crippen LogP contribution in [0.25, 0.3) is 0 Å². The van der Waals surface area contributed by atoms with Gasteiger partial charge in [0, 0.05) is 0 Å². The molecule has 0 aromatic heterocycles. The average molecular weight is 203 g/mol. The van der Waals surface area contributed by atoms with Crippen LogP contribution in [0.2, 0.25) is 0 Å². The molecule has 0 aromatic carbocycles. The normalized spacial score (nSPS) is 10.1. The standard InChI is InChI=1S/C10H21NO3/c1-2-3-4-5-6-7-8-9-13-14-10(11)12/h2-9H2,1H3,(H2,11,12). The Morgan fingerprint density at radius 3 is 2.21 bits per heavy atom. The van der Waals surface area contributed by atoms with Crippen molar-refractivity contribution in [2.75, 3.05) is 6.61 Å². The maximum atomic E-state index is 10.1. The lowest BCUT2D eigenvalue weighted by Gasteiger charge is -2.01. The summed E-state index contributed by atoms with van der Waals surface area (Å²) < 4.78 is 0. The third kappa shape index (κ3) is 11.2. The summed E-state index contributed by atoms with van der Waals surface area (Å²) in [6.45, 7) is 2.64. The summed E-state index contributed by atoms with van der Waals surface area (Å²) in [5.41, 5.74) is 4.70. The second kappa shape index (κ2) is 10.3. The third-order valence-electron chi connectivity index (χ3n) is 1.97. The lowest BCUT2D eigenvalue weighted by molar-refractivity contribution is -0.236. The predicted molar refractivity (Wildman–Crippen MR) is 54.6 cm³/mol. The fraction of sp³-hybridized carbons (Fsp3) is 0.900. The molecule has 0 bridgehead atoms. The van der Waals surface area contributed by atoms with Crippen LogP contribution < -0.4 is 5.73 Å². The smallest absolute Gasteiger partial charge is 0.333 e. The van der Waals surface area contributed by atoms with Gasteiger partial charge in [0.15, 0.2) is 0 Å². The van der Waals surface area contributed by atoms with Gasteiger partial charge in [-0.05, 0) is 6.42 Å². The molecule has 0 saturated heterocycles. The van der Waals surface area contributed by atoms with Crippen molar-refractivity contribution in [1.29, 1.82) is 0 Å². The molecule has 0 aliphatic rings. The van der Waals surface area contributed by atoms with Crippen LogP contribution in [0, 0.1) is 0 Å². The first kappa shape index (κ1) is 13.2. The lowest BCUT2D eigenvalue weighted by atomic mass is 10.1. The van der Waals surface area contributed by atoms with Gasteiger partial charge >= 0.3 is 6.09 Å². The number of rotatable bonds is 9. The minimum Gasteiger partial charge on any atom is -0.333 e. The van der Waals surface area contributed by atoms with Crippen molar-refractivity contribution in [2.45, 2.75) is 51.9 Å². The molecule has 1 amide bonds. The molecular formula is C10H21NO3. The van der Waals surface area contributed by atoms with Crippen molar-refractivity contribution in [1.82, 2.24) is 0 Å². The summed E-state index contributed by atoms with van der Waals surface area (Å²) in [5.74, 6) is 0. The Morgan fingerprint density at radius 1 is 1.07 bits per heavy atom. The van der Waals surface area contributed by atoms with Crippen LogP contribution >= 0.6 is 0 Å². The highest BCUT2D eigenvalue weighted by Gasteiger charge is 1.94. The van der Waals surface area contributed by atoms with Gasteiger partial charge in [-0.25, -0.2) is 4.79 Å². The van der Waals surface area contributed by atoms with Gasteiger partial charge in [0.05, 0.1) is 6.61 Å². The second-order valence-corrected chi connectivity index (χ2v) is 3.35. The SMILES string of the molecule is CCCCCCCCCOOC(N)=O. The second-order valence-electron chi connectivity index (χ2n) is 3.35. The van der Waals surface area contributed by atoms with Gasteiger partial charge < -0.3 is 5.73 Å². The van der Waals surface area contributed by atoms with Crippen molar-refractivity contribution in [2.24, 2.45) is 5.73 Å². The van der Waals surface area contributed by atoms with Crippen LogP contribution in [-0.2, 0) is 9.78 Å². The van der Waals surface area contributed by atoms with Crippen molar-refractivity contribution in [3.8, 4) is 0 Å². The van der Waals surface area contributed by atoms with E-state index in [9.17, 15) is 4.79 Å². The van der Waals surface area contributed by atoms with Gasteiger partial charge in [-0.3, -0.25) is 4.89 Å². The van der Waals surface area contributed by atoms with E-state index in [4.69, 9.17) is 5.73 Å².